The minimum absolute atomic E-state index is 0.0769. The molecule has 18 heavy (non-hydrogen) atoms. The van der Waals surface area contributed by atoms with Gasteiger partial charge in [-0.2, -0.15) is 0 Å². The minimum Gasteiger partial charge on any atom is -0.370 e. The normalized spacial score (nSPS) is 12.3. The number of hydrogen-bond donors (Lipinski definition) is 3. The summed E-state index contributed by atoms with van der Waals surface area (Å²) in [5.41, 5.74) is 7.05. The van der Waals surface area contributed by atoms with Crippen molar-refractivity contribution in [3.8, 4) is 0 Å². The maximum Gasteiger partial charge on any atom is 0.267 e. The van der Waals surface area contributed by atoms with E-state index < -0.39 is 5.91 Å². The van der Waals surface area contributed by atoms with E-state index in [0.29, 0.717) is 11.3 Å². The fourth-order valence-corrected chi connectivity index (χ4v) is 2.04. The van der Waals surface area contributed by atoms with Crippen LogP contribution in [0, 0.1) is 6.92 Å². The number of aromatic nitrogens is 3. The van der Waals surface area contributed by atoms with Gasteiger partial charge in [-0.25, -0.2) is 0 Å². The van der Waals surface area contributed by atoms with E-state index in [1.54, 1.807) is 25.4 Å². The van der Waals surface area contributed by atoms with Crippen LogP contribution >= 0.6 is 0 Å². The number of nitrogens with two attached hydrogens (primary N) is 1. The van der Waals surface area contributed by atoms with Gasteiger partial charge in [0.15, 0.2) is 0 Å². The summed E-state index contributed by atoms with van der Waals surface area (Å²) in [5, 5.41) is 5.26. The minimum atomic E-state index is -0.455. The van der Waals surface area contributed by atoms with E-state index in [0.717, 1.165) is 5.56 Å². The van der Waals surface area contributed by atoms with Gasteiger partial charge in [-0.05, 0) is 18.6 Å². The molecule has 0 saturated carbocycles. The summed E-state index contributed by atoms with van der Waals surface area (Å²) in [6.07, 6.45) is 3.35. The molecule has 2 rings (SSSR count). The van der Waals surface area contributed by atoms with Crippen molar-refractivity contribution in [2.45, 2.75) is 19.3 Å². The van der Waals surface area contributed by atoms with Crippen LogP contribution in [0.25, 0.3) is 0 Å². The molecule has 6 nitrogen and oxygen atoms in total. The predicted molar refractivity (Wildman–Crippen MR) is 66.0 cm³/mol. The van der Waals surface area contributed by atoms with Gasteiger partial charge in [0.2, 0.25) is 5.91 Å². The molecule has 4 N–H and O–H groups in total. The number of nitrogens with zero attached hydrogens (tertiary/aromatic N) is 1. The second kappa shape index (κ2) is 4.87. The second-order valence-corrected chi connectivity index (χ2v) is 4.13. The molecule has 0 unspecified atom stereocenters. The number of carbonyl (C=O) groups excluding carboxylic acids is 1. The Balaban J connectivity index is 2.50. The highest BCUT2D eigenvalue weighted by molar-refractivity contribution is 5.75. The fourth-order valence-electron chi connectivity index (χ4n) is 2.04. The van der Waals surface area contributed by atoms with Gasteiger partial charge in [0.25, 0.3) is 5.56 Å². The Bertz CT molecular complexity index is 600. The first-order valence-corrected chi connectivity index (χ1v) is 5.55. The van der Waals surface area contributed by atoms with E-state index in [1.807, 2.05) is 6.07 Å². The van der Waals surface area contributed by atoms with Crippen molar-refractivity contribution in [1.82, 2.24) is 15.2 Å². The van der Waals surface area contributed by atoms with Crippen LogP contribution in [0.4, 0.5) is 0 Å². The molecule has 0 bridgehead atoms. The largest absolute Gasteiger partial charge is 0.370 e. The van der Waals surface area contributed by atoms with Crippen molar-refractivity contribution in [3.63, 3.8) is 0 Å². The number of nitrogens with one attached hydrogen (secondary N) is 2. The number of hydrogen-bond acceptors (Lipinski definition) is 3. The van der Waals surface area contributed by atoms with Crippen LogP contribution in [0.5, 0.6) is 0 Å². The van der Waals surface area contributed by atoms with Crippen LogP contribution in [0.2, 0.25) is 0 Å². The third-order valence-electron chi connectivity index (χ3n) is 2.85. The Hall–Kier alpha value is -2.37. The van der Waals surface area contributed by atoms with Crippen LogP contribution in [-0.2, 0) is 4.79 Å². The van der Waals surface area contributed by atoms with Gasteiger partial charge in [0, 0.05) is 36.0 Å². The highest BCUT2D eigenvalue weighted by Crippen LogP contribution is 2.26. The molecule has 0 saturated heterocycles. The van der Waals surface area contributed by atoms with E-state index in [-0.39, 0.29) is 17.9 Å². The van der Waals surface area contributed by atoms with Crippen LogP contribution < -0.4 is 11.3 Å². The topological polar surface area (TPSA) is 105 Å². The average molecular weight is 246 g/mol. The molecule has 0 spiro atoms. The van der Waals surface area contributed by atoms with Crippen molar-refractivity contribution in [1.29, 1.82) is 0 Å². The highest BCUT2D eigenvalue weighted by atomic mass is 16.1. The lowest BCUT2D eigenvalue weighted by atomic mass is 9.89. The molecular formula is C12H14N4O2. The average Bonchev–Trinajstić information content (AvgIpc) is 2.67. The van der Waals surface area contributed by atoms with Crippen LogP contribution in [0.15, 0.2) is 29.3 Å². The molecule has 0 radical (unpaired) electrons. The lowest BCUT2D eigenvalue weighted by Gasteiger charge is -2.13. The van der Waals surface area contributed by atoms with Crippen molar-refractivity contribution < 1.29 is 4.79 Å². The van der Waals surface area contributed by atoms with Gasteiger partial charge >= 0.3 is 0 Å². The Morgan fingerprint density at radius 1 is 1.50 bits per heavy atom. The van der Waals surface area contributed by atoms with Gasteiger partial charge in [0.05, 0.1) is 0 Å². The first kappa shape index (κ1) is 12.1. The number of primary amides is 1. The van der Waals surface area contributed by atoms with Crippen molar-refractivity contribution >= 4 is 5.91 Å². The molecule has 0 aliphatic heterocycles. The summed E-state index contributed by atoms with van der Waals surface area (Å²) >= 11 is 0. The molecule has 0 aliphatic carbocycles. The lowest BCUT2D eigenvalue weighted by molar-refractivity contribution is -0.118. The first-order valence-electron chi connectivity index (χ1n) is 5.55. The van der Waals surface area contributed by atoms with Crippen LogP contribution in [-0.4, -0.2) is 21.1 Å². The first-order chi connectivity index (χ1) is 8.59. The third-order valence-corrected chi connectivity index (χ3v) is 2.85. The molecule has 6 heteroatoms. The molecule has 0 fully saturated rings. The number of rotatable bonds is 4. The molecule has 2 aromatic heterocycles. The summed E-state index contributed by atoms with van der Waals surface area (Å²) in [5.74, 6) is -0.824. The Morgan fingerprint density at radius 3 is 2.78 bits per heavy atom. The molecule has 0 aliphatic rings. The van der Waals surface area contributed by atoms with E-state index in [2.05, 4.69) is 15.2 Å². The van der Waals surface area contributed by atoms with Crippen molar-refractivity contribution in [3.05, 3.63) is 51.7 Å². The number of amides is 1. The summed E-state index contributed by atoms with van der Waals surface area (Å²) in [6, 6.07) is 3.59. The molecule has 1 atom stereocenters. The smallest absolute Gasteiger partial charge is 0.267 e. The number of aryl methyl sites for hydroxylation is 1. The quantitative estimate of drug-likeness (QED) is 0.727. The number of H-pyrrole nitrogens is 2. The number of pyridine rings is 1. The van der Waals surface area contributed by atoms with Gasteiger partial charge < -0.3 is 10.8 Å². The Kier molecular flexibility index (Phi) is 3.27. The molecule has 2 heterocycles. The van der Waals surface area contributed by atoms with E-state index in [4.69, 9.17) is 5.73 Å². The molecule has 0 aromatic carbocycles. The van der Waals surface area contributed by atoms with Gasteiger partial charge in [-0.1, -0.05) is 6.07 Å². The third kappa shape index (κ3) is 2.32. The zero-order valence-electron chi connectivity index (χ0n) is 9.93. The molecule has 1 amide bonds. The van der Waals surface area contributed by atoms with Crippen molar-refractivity contribution in [2.75, 3.05) is 0 Å². The fraction of sp³-hybridized carbons (Fsp3) is 0.250. The zero-order chi connectivity index (χ0) is 13.1. The number of aromatic amines is 2. The monoisotopic (exact) mass is 246 g/mol. The lowest BCUT2D eigenvalue weighted by Crippen LogP contribution is -2.20. The Morgan fingerprint density at radius 2 is 2.28 bits per heavy atom. The van der Waals surface area contributed by atoms with E-state index in [1.165, 1.54) is 0 Å². The van der Waals surface area contributed by atoms with Crippen LogP contribution in [0.1, 0.15) is 29.2 Å². The SMILES string of the molecule is Cc1[nH][nH]c(=O)c1[C@@H](CC(N)=O)c1cccnc1. The maximum atomic E-state index is 11.8. The van der Waals surface area contributed by atoms with Crippen molar-refractivity contribution in [2.24, 2.45) is 5.73 Å². The summed E-state index contributed by atoms with van der Waals surface area (Å²) in [6.45, 7) is 1.78. The summed E-state index contributed by atoms with van der Waals surface area (Å²) in [4.78, 5) is 27.0. The van der Waals surface area contributed by atoms with Crippen LogP contribution in [0.3, 0.4) is 0 Å². The summed E-state index contributed by atoms with van der Waals surface area (Å²) < 4.78 is 0. The van der Waals surface area contributed by atoms with Gasteiger partial charge in [-0.15, -0.1) is 0 Å². The van der Waals surface area contributed by atoms with E-state index in [9.17, 15) is 9.59 Å². The standard InChI is InChI=1S/C12H14N4O2/c1-7-11(12(18)16-15-7)9(5-10(13)17)8-3-2-4-14-6-8/h2-4,6,9H,5H2,1H3,(H2,13,17)(H2,15,16,18)/t9-/m0/s1. The maximum absolute atomic E-state index is 11.8. The molecule has 2 aromatic rings. The second-order valence-electron chi connectivity index (χ2n) is 4.13. The zero-order valence-corrected chi connectivity index (χ0v) is 9.93. The van der Waals surface area contributed by atoms with E-state index >= 15 is 0 Å². The highest BCUT2D eigenvalue weighted by Gasteiger charge is 2.23. The number of carbonyl (C=O) groups is 1. The molecular weight excluding hydrogens is 232 g/mol. The van der Waals surface area contributed by atoms with Gasteiger partial charge in [0.1, 0.15) is 0 Å². The van der Waals surface area contributed by atoms with Gasteiger partial charge in [-0.3, -0.25) is 19.7 Å². The molecule has 94 valence electrons. The summed E-state index contributed by atoms with van der Waals surface area (Å²) in [7, 11) is 0. The Labute approximate surface area is 103 Å². The predicted octanol–water partition coefficient (Wildman–Crippen LogP) is 0.414.